The molecule has 2 heterocycles. The molecule has 0 bridgehead atoms. The molecule has 21 heavy (non-hydrogen) atoms. The summed E-state index contributed by atoms with van der Waals surface area (Å²) >= 11 is 1.43. The maximum Gasteiger partial charge on any atom is 0.265 e. The Labute approximate surface area is 129 Å². The Hall–Kier alpha value is -1.30. The molecule has 5 nitrogen and oxygen atoms in total. The average molecular weight is 308 g/mol. The average Bonchev–Trinajstić information content (AvgIpc) is 3.20. The van der Waals surface area contributed by atoms with Crippen LogP contribution in [-0.4, -0.2) is 30.5 Å². The van der Waals surface area contributed by atoms with Gasteiger partial charge in [-0.25, -0.2) is 4.98 Å². The van der Waals surface area contributed by atoms with Crippen LogP contribution in [0.15, 0.2) is 0 Å². The molecule has 3 rings (SSSR count). The predicted molar refractivity (Wildman–Crippen MR) is 86.9 cm³/mol. The van der Waals surface area contributed by atoms with E-state index in [0.717, 1.165) is 31.2 Å². The van der Waals surface area contributed by atoms with Crippen molar-refractivity contribution in [3.63, 3.8) is 0 Å². The van der Waals surface area contributed by atoms with E-state index in [1.54, 1.807) is 0 Å². The number of nitrogens with two attached hydrogens (primary N) is 1. The highest BCUT2D eigenvalue weighted by atomic mass is 32.1. The Balaban J connectivity index is 1.64. The molecule has 1 saturated carbocycles. The molecule has 1 aromatic heterocycles. The monoisotopic (exact) mass is 308 g/mol. The molecule has 2 aliphatic rings. The van der Waals surface area contributed by atoms with Crippen LogP contribution >= 0.6 is 11.3 Å². The molecule has 0 atom stereocenters. The van der Waals surface area contributed by atoms with Crippen LogP contribution in [0.25, 0.3) is 0 Å². The standard InChI is InChI=1S/C15H24N4OS/c1-2-15(6-7-15)10-17-13(20)11-12(16)18-14(21-11)19-8-4-3-5-9-19/h2-10,16H2,1H3,(H,17,20). The number of rotatable bonds is 5. The van der Waals surface area contributed by atoms with Crippen molar-refractivity contribution in [3.8, 4) is 0 Å². The number of piperidine rings is 1. The summed E-state index contributed by atoms with van der Waals surface area (Å²) in [7, 11) is 0. The molecule has 3 N–H and O–H groups in total. The van der Waals surface area contributed by atoms with Crippen molar-refractivity contribution in [2.75, 3.05) is 30.3 Å². The number of nitrogens with zero attached hydrogens (tertiary/aromatic N) is 2. The SMILES string of the molecule is CCC1(CNC(=O)c2sc(N3CCCCC3)nc2N)CC1. The summed E-state index contributed by atoms with van der Waals surface area (Å²) in [5.74, 6) is 0.312. The first-order valence-electron chi connectivity index (χ1n) is 7.93. The van der Waals surface area contributed by atoms with Crippen LogP contribution in [-0.2, 0) is 0 Å². The van der Waals surface area contributed by atoms with E-state index in [4.69, 9.17) is 5.73 Å². The number of anilines is 2. The summed E-state index contributed by atoms with van der Waals surface area (Å²) in [5.41, 5.74) is 6.30. The second kappa shape index (κ2) is 5.83. The molecule has 1 aliphatic heterocycles. The van der Waals surface area contributed by atoms with Gasteiger partial charge in [-0.05, 0) is 43.9 Å². The summed E-state index contributed by atoms with van der Waals surface area (Å²) in [6.45, 7) is 4.99. The van der Waals surface area contributed by atoms with Gasteiger partial charge >= 0.3 is 0 Å². The highest BCUT2D eigenvalue weighted by molar-refractivity contribution is 7.18. The van der Waals surface area contributed by atoms with E-state index in [0.29, 0.717) is 16.1 Å². The number of carbonyl (C=O) groups excluding carboxylic acids is 1. The van der Waals surface area contributed by atoms with Gasteiger partial charge in [0.25, 0.3) is 5.91 Å². The smallest absolute Gasteiger partial charge is 0.265 e. The van der Waals surface area contributed by atoms with Crippen molar-refractivity contribution >= 4 is 28.2 Å². The second-order valence-electron chi connectivity index (χ2n) is 6.29. The van der Waals surface area contributed by atoms with Crippen LogP contribution < -0.4 is 16.0 Å². The van der Waals surface area contributed by atoms with Crippen LogP contribution in [0.1, 0.15) is 55.1 Å². The van der Waals surface area contributed by atoms with Gasteiger partial charge in [0.05, 0.1) is 0 Å². The lowest BCUT2D eigenvalue weighted by atomic mass is 10.0. The van der Waals surface area contributed by atoms with Crippen LogP contribution in [0.2, 0.25) is 0 Å². The summed E-state index contributed by atoms with van der Waals surface area (Å²) in [5, 5.41) is 3.94. The van der Waals surface area contributed by atoms with Gasteiger partial charge in [-0.3, -0.25) is 4.79 Å². The largest absolute Gasteiger partial charge is 0.382 e. The third-order valence-corrected chi connectivity index (χ3v) is 5.94. The Bertz CT molecular complexity index is 518. The molecule has 6 heteroatoms. The van der Waals surface area contributed by atoms with Gasteiger partial charge in [-0.2, -0.15) is 0 Å². The topological polar surface area (TPSA) is 71.2 Å². The molecule has 2 fully saturated rings. The molecular formula is C15H24N4OS. The first-order chi connectivity index (χ1) is 10.1. The number of nitrogens with one attached hydrogen (secondary N) is 1. The second-order valence-corrected chi connectivity index (χ2v) is 7.27. The number of nitrogen functional groups attached to an aromatic ring is 1. The Morgan fingerprint density at radius 1 is 1.38 bits per heavy atom. The van der Waals surface area contributed by atoms with Gasteiger partial charge in [0.2, 0.25) is 0 Å². The van der Waals surface area contributed by atoms with Crippen molar-refractivity contribution < 1.29 is 4.79 Å². The minimum absolute atomic E-state index is 0.0621. The third-order valence-electron chi connectivity index (χ3n) is 4.81. The fraction of sp³-hybridized carbons (Fsp3) is 0.733. The summed E-state index contributed by atoms with van der Waals surface area (Å²) in [6, 6.07) is 0. The predicted octanol–water partition coefficient (Wildman–Crippen LogP) is 2.64. The normalized spacial score (nSPS) is 20.3. The van der Waals surface area contributed by atoms with Crippen molar-refractivity contribution in [2.45, 2.75) is 45.4 Å². The van der Waals surface area contributed by atoms with E-state index in [2.05, 4.69) is 22.1 Å². The molecule has 116 valence electrons. The van der Waals surface area contributed by atoms with Crippen molar-refractivity contribution in [3.05, 3.63) is 4.88 Å². The zero-order valence-corrected chi connectivity index (χ0v) is 13.5. The van der Waals surface area contributed by atoms with Crippen LogP contribution in [0, 0.1) is 5.41 Å². The number of thiazole rings is 1. The third kappa shape index (κ3) is 3.15. The number of carbonyl (C=O) groups is 1. The minimum Gasteiger partial charge on any atom is -0.382 e. The quantitative estimate of drug-likeness (QED) is 0.877. The highest BCUT2D eigenvalue weighted by Crippen LogP contribution is 2.47. The molecule has 0 aromatic carbocycles. The molecule has 1 amide bonds. The van der Waals surface area contributed by atoms with Crippen molar-refractivity contribution in [1.29, 1.82) is 0 Å². The highest BCUT2D eigenvalue weighted by Gasteiger charge is 2.40. The van der Waals surface area contributed by atoms with E-state index < -0.39 is 0 Å². The van der Waals surface area contributed by atoms with Crippen molar-refractivity contribution in [2.24, 2.45) is 5.41 Å². The Morgan fingerprint density at radius 3 is 2.71 bits per heavy atom. The molecular weight excluding hydrogens is 284 g/mol. The molecule has 1 aliphatic carbocycles. The van der Waals surface area contributed by atoms with E-state index in [1.165, 1.54) is 43.4 Å². The number of aromatic nitrogens is 1. The van der Waals surface area contributed by atoms with E-state index in [-0.39, 0.29) is 5.91 Å². The Morgan fingerprint density at radius 2 is 2.10 bits per heavy atom. The number of hydrogen-bond donors (Lipinski definition) is 2. The zero-order chi connectivity index (χ0) is 14.9. The van der Waals surface area contributed by atoms with Crippen LogP contribution in [0.3, 0.4) is 0 Å². The van der Waals surface area contributed by atoms with Crippen LogP contribution in [0.5, 0.6) is 0 Å². The maximum absolute atomic E-state index is 12.3. The first-order valence-corrected chi connectivity index (χ1v) is 8.75. The van der Waals surface area contributed by atoms with Gasteiger partial charge < -0.3 is 16.0 Å². The Kier molecular flexibility index (Phi) is 4.06. The summed E-state index contributed by atoms with van der Waals surface area (Å²) in [4.78, 5) is 19.5. The fourth-order valence-electron chi connectivity index (χ4n) is 2.88. The fourth-order valence-corrected chi connectivity index (χ4v) is 3.84. The van der Waals surface area contributed by atoms with E-state index in [1.807, 2.05) is 0 Å². The summed E-state index contributed by atoms with van der Waals surface area (Å²) < 4.78 is 0. The number of amides is 1. The lowest BCUT2D eigenvalue weighted by Crippen LogP contribution is -2.30. The molecule has 0 radical (unpaired) electrons. The lowest BCUT2D eigenvalue weighted by Gasteiger charge is -2.25. The van der Waals surface area contributed by atoms with Gasteiger partial charge in [-0.15, -0.1) is 0 Å². The maximum atomic E-state index is 12.3. The first kappa shape index (κ1) is 14.6. The number of hydrogen-bond acceptors (Lipinski definition) is 5. The van der Waals surface area contributed by atoms with Gasteiger partial charge in [0.1, 0.15) is 10.7 Å². The summed E-state index contributed by atoms with van der Waals surface area (Å²) in [6.07, 6.45) is 7.25. The van der Waals surface area contributed by atoms with Gasteiger partial charge in [0.15, 0.2) is 5.13 Å². The van der Waals surface area contributed by atoms with E-state index >= 15 is 0 Å². The zero-order valence-electron chi connectivity index (χ0n) is 12.7. The van der Waals surface area contributed by atoms with Gasteiger partial charge in [-0.1, -0.05) is 18.3 Å². The molecule has 0 spiro atoms. The minimum atomic E-state index is -0.0621. The van der Waals surface area contributed by atoms with E-state index in [9.17, 15) is 4.79 Å². The van der Waals surface area contributed by atoms with Crippen molar-refractivity contribution in [1.82, 2.24) is 10.3 Å². The lowest BCUT2D eigenvalue weighted by molar-refractivity contribution is 0.0949. The van der Waals surface area contributed by atoms with Gasteiger partial charge in [0, 0.05) is 19.6 Å². The molecule has 1 aromatic rings. The molecule has 1 saturated heterocycles. The molecule has 0 unspecified atom stereocenters. The van der Waals surface area contributed by atoms with Crippen LogP contribution in [0.4, 0.5) is 10.9 Å².